The van der Waals surface area contributed by atoms with Gasteiger partial charge in [0.25, 0.3) is 0 Å². The molecular formula is C12H19N3. The van der Waals surface area contributed by atoms with Crippen molar-refractivity contribution in [2.24, 2.45) is 11.8 Å². The molecule has 1 unspecified atom stereocenters. The molecule has 0 bridgehead atoms. The Bertz CT molecular complexity index is 282. The van der Waals surface area contributed by atoms with E-state index in [1.165, 1.54) is 24.8 Å². The highest BCUT2D eigenvalue weighted by Gasteiger charge is 2.24. The van der Waals surface area contributed by atoms with Crippen LogP contribution in [0.25, 0.3) is 0 Å². The van der Waals surface area contributed by atoms with E-state index in [0.717, 1.165) is 18.8 Å². The molecule has 0 aromatic carbocycles. The summed E-state index contributed by atoms with van der Waals surface area (Å²) in [5.74, 6) is 6.48. The van der Waals surface area contributed by atoms with Gasteiger partial charge >= 0.3 is 0 Å². The van der Waals surface area contributed by atoms with Crippen molar-refractivity contribution in [2.45, 2.75) is 38.1 Å². The predicted molar refractivity (Wildman–Crippen MR) is 61.0 cm³/mol. The SMILES string of the molecule is NNC(CCc1ccncc1)CC1CC1. The number of aromatic nitrogens is 1. The van der Waals surface area contributed by atoms with E-state index in [1.54, 1.807) is 0 Å². The third-order valence-corrected chi connectivity index (χ3v) is 3.08. The van der Waals surface area contributed by atoms with E-state index in [-0.39, 0.29) is 0 Å². The molecule has 0 amide bonds. The summed E-state index contributed by atoms with van der Waals surface area (Å²) in [6, 6.07) is 4.63. The molecule has 3 nitrogen and oxygen atoms in total. The Kier molecular flexibility index (Phi) is 3.69. The number of nitrogens with two attached hydrogens (primary N) is 1. The van der Waals surface area contributed by atoms with Gasteiger partial charge in [-0.25, -0.2) is 0 Å². The Labute approximate surface area is 91.1 Å². The average molecular weight is 205 g/mol. The van der Waals surface area contributed by atoms with Crippen molar-refractivity contribution in [1.82, 2.24) is 10.4 Å². The first-order valence-electron chi connectivity index (χ1n) is 5.73. The standard InChI is InChI=1S/C12H19N3/c13-15-12(9-11-1-2-11)4-3-10-5-7-14-8-6-10/h5-8,11-12,15H,1-4,9,13H2. The molecule has 1 heterocycles. The number of nitrogens with zero attached hydrogens (tertiary/aromatic N) is 1. The van der Waals surface area contributed by atoms with Crippen LogP contribution < -0.4 is 11.3 Å². The van der Waals surface area contributed by atoms with Crippen LogP contribution in [-0.4, -0.2) is 11.0 Å². The summed E-state index contributed by atoms with van der Waals surface area (Å²) in [5, 5.41) is 0. The van der Waals surface area contributed by atoms with Gasteiger partial charge in [0, 0.05) is 18.4 Å². The molecule has 0 spiro atoms. The Balaban J connectivity index is 1.75. The van der Waals surface area contributed by atoms with Gasteiger partial charge in [-0.05, 0) is 42.9 Å². The highest BCUT2D eigenvalue weighted by Crippen LogP contribution is 2.34. The van der Waals surface area contributed by atoms with E-state index in [0.29, 0.717) is 6.04 Å². The number of aryl methyl sites for hydroxylation is 1. The minimum atomic E-state index is 0.477. The van der Waals surface area contributed by atoms with Crippen LogP contribution in [0.3, 0.4) is 0 Å². The second-order valence-corrected chi connectivity index (χ2v) is 4.44. The molecular weight excluding hydrogens is 186 g/mol. The first kappa shape index (κ1) is 10.6. The minimum absolute atomic E-state index is 0.477. The van der Waals surface area contributed by atoms with Crippen molar-refractivity contribution < 1.29 is 0 Å². The Morgan fingerprint density at radius 2 is 2.13 bits per heavy atom. The van der Waals surface area contributed by atoms with Crippen LogP contribution in [0.2, 0.25) is 0 Å². The fourth-order valence-corrected chi connectivity index (χ4v) is 1.92. The van der Waals surface area contributed by atoms with Gasteiger partial charge < -0.3 is 0 Å². The molecule has 0 radical (unpaired) electrons. The maximum Gasteiger partial charge on any atom is 0.0270 e. The van der Waals surface area contributed by atoms with Gasteiger partial charge in [0.15, 0.2) is 0 Å². The lowest BCUT2D eigenvalue weighted by molar-refractivity contribution is 0.442. The van der Waals surface area contributed by atoms with Gasteiger partial charge in [-0.15, -0.1) is 0 Å². The van der Waals surface area contributed by atoms with Gasteiger partial charge in [-0.1, -0.05) is 12.8 Å². The van der Waals surface area contributed by atoms with Gasteiger partial charge in [0.05, 0.1) is 0 Å². The molecule has 1 saturated carbocycles. The zero-order valence-corrected chi connectivity index (χ0v) is 9.02. The van der Waals surface area contributed by atoms with Crippen LogP contribution in [0.4, 0.5) is 0 Å². The predicted octanol–water partition coefficient (Wildman–Crippen LogP) is 1.65. The zero-order chi connectivity index (χ0) is 10.5. The lowest BCUT2D eigenvalue weighted by Gasteiger charge is -2.14. The highest BCUT2D eigenvalue weighted by atomic mass is 15.2. The Morgan fingerprint density at radius 1 is 1.40 bits per heavy atom. The molecule has 3 heteroatoms. The number of hydrogen-bond acceptors (Lipinski definition) is 3. The van der Waals surface area contributed by atoms with Crippen molar-refractivity contribution in [2.75, 3.05) is 0 Å². The molecule has 1 atom stereocenters. The molecule has 0 aliphatic heterocycles. The van der Waals surface area contributed by atoms with Gasteiger partial charge in [0.2, 0.25) is 0 Å². The van der Waals surface area contributed by atoms with Gasteiger partial charge in [0.1, 0.15) is 0 Å². The second kappa shape index (κ2) is 5.24. The lowest BCUT2D eigenvalue weighted by atomic mass is 10.0. The third-order valence-electron chi connectivity index (χ3n) is 3.08. The summed E-state index contributed by atoms with van der Waals surface area (Å²) >= 11 is 0. The second-order valence-electron chi connectivity index (χ2n) is 4.44. The normalized spacial score (nSPS) is 17.7. The summed E-state index contributed by atoms with van der Waals surface area (Å²) in [7, 11) is 0. The molecule has 1 aromatic rings. The van der Waals surface area contributed by atoms with E-state index in [1.807, 2.05) is 12.4 Å². The maximum absolute atomic E-state index is 5.55. The van der Waals surface area contributed by atoms with E-state index < -0.39 is 0 Å². The fraction of sp³-hybridized carbons (Fsp3) is 0.583. The van der Waals surface area contributed by atoms with Crippen LogP contribution in [0, 0.1) is 5.92 Å². The van der Waals surface area contributed by atoms with Crippen LogP contribution in [0.1, 0.15) is 31.2 Å². The van der Waals surface area contributed by atoms with E-state index in [9.17, 15) is 0 Å². The molecule has 1 aliphatic carbocycles. The number of pyridine rings is 1. The van der Waals surface area contributed by atoms with Gasteiger partial charge in [-0.3, -0.25) is 16.3 Å². The van der Waals surface area contributed by atoms with Crippen molar-refractivity contribution in [3.05, 3.63) is 30.1 Å². The highest BCUT2D eigenvalue weighted by molar-refractivity contribution is 5.09. The number of hydrazine groups is 1. The summed E-state index contributed by atoms with van der Waals surface area (Å²) in [4.78, 5) is 4.01. The molecule has 82 valence electrons. The number of hydrogen-bond donors (Lipinski definition) is 2. The minimum Gasteiger partial charge on any atom is -0.271 e. The van der Waals surface area contributed by atoms with Crippen LogP contribution in [0.15, 0.2) is 24.5 Å². The van der Waals surface area contributed by atoms with Crippen molar-refractivity contribution in [3.63, 3.8) is 0 Å². The smallest absolute Gasteiger partial charge is 0.0270 e. The lowest BCUT2D eigenvalue weighted by Crippen LogP contribution is -2.35. The fourth-order valence-electron chi connectivity index (χ4n) is 1.92. The zero-order valence-electron chi connectivity index (χ0n) is 9.02. The summed E-state index contributed by atoms with van der Waals surface area (Å²) in [6.45, 7) is 0. The van der Waals surface area contributed by atoms with Crippen LogP contribution in [-0.2, 0) is 6.42 Å². The summed E-state index contributed by atoms with van der Waals surface area (Å²) in [5.41, 5.74) is 4.28. The van der Waals surface area contributed by atoms with Crippen LogP contribution >= 0.6 is 0 Å². The maximum atomic E-state index is 5.55. The molecule has 3 N–H and O–H groups in total. The summed E-state index contributed by atoms with van der Waals surface area (Å²) < 4.78 is 0. The Hall–Kier alpha value is -0.930. The van der Waals surface area contributed by atoms with Crippen molar-refractivity contribution in [3.8, 4) is 0 Å². The topological polar surface area (TPSA) is 50.9 Å². The third kappa shape index (κ3) is 3.61. The van der Waals surface area contributed by atoms with E-state index >= 15 is 0 Å². The Morgan fingerprint density at radius 3 is 2.73 bits per heavy atom. The molecule has 1 fully saturated rings. The molecule has 2 rings (SSSR count). The first-order valence-corrected chi connectivity index (χ1v) is 5.73. The van der Waals surface area contributed by atoms with E-state index in [2.05, 4.69) is 22.5 Å². The monoisotopic (exact) mass is 205 g/mol. The summed E-state index contributed by atoms with van der Waals surface area (Å²) in [6.07, 6.45) is 9.94. The quantitative estimate of drug-likeness (QED) is 0.548. The molecule has 1 aliphatic rings. The first-order chi connectivity index (χ1) is 7.38. The number of rotatable bonds is 6. The number of nitrogens with one attached hydrogen (secondary N) is 1. The largest absolute Gasteiger partial charge is 0.271 e. The molecule has 0 saturated heterocycles. The molecule has 1 aromatic heterocycles. The molecule has 15 heavy (non-hydrogen) atoms. The van der Waals surface area contributed by atoms with Crippen molar-refractivity contribution >= 4 is 0 Å². The average Bonchev–Trinajstić information content (AvgIpc) is 3.09. The van der Waals surface area contributed by atoms with E-state index in [4.69, 9.17) is 5.84 Å². The van der Waals surface area contributed by atoms with Gasteiger partial charge in [-0.2, -0.15) is 0 Å². The van der Waals surface area contributed by atoms with Crippen LogP contribution in [0.5, 0.6) is 0 Å². The van der Waals surface area contributed by atoms with Crippen molar-refractivity contribution in [1.29, 1.82) is 0 Å².